The van der Waals surface area contributed by atoms with Crippen LogP contribution in [0.2, 0.25) is 0 Å². The summed E-state index contributed by atoms with van der Waals surface area (Å²) in [6.07, 6.45) is 9.69. The van der Waals surface area contributed by atoms with Crippen molar-refractivity contribution in [1.82, 2.24) is 25.2 Å². The van der Waals surface area contributed by atoms with Crippen LogP contribution < -0.4 is 5.32 Å². The smallest absolute Gasteiger partial charge is 0.273 e. The number of nitrogens with zero attached hydrogens (tertiary/aromatic N) is 4. The van der Waals surface area contributed by atoms with Crippen LogP contribution >= 0.6 is 0 Å². The van der Waals surface area contributed by atoms with E-state index in [1.165, 1.54) is 0 Å². The van der Waals surface area contributed by atoms with Crippen molar-refractivity contribution in [3.05, 3.63) is 42.1 Å². The van der Waals surface area contributed by atoms with Crippen LogP contribution in [0.3, 0.4) is 0 Å². The minimum absolute atomic E-state index is 0.0868. The molecule has 7 nitrogen and oxygen atoms in total. The quantitative estimate of drug-likeness (QED) is 0.871. The molecule has 3 rings (SSSR count). The molecule has 2 aromatic heterocycles. The van der Waals surface area contributed by atoms with E-state index in [4.69, 9.17) is 4.42 Å². The van der Waals surface area contributed by atoms with Gasteiger partial charge in [0.2, 0.25) is 0 Å². The predicted octanol–water partition coefficient (Wildman–Crippen LogP) is 2.36. The minimum Gasteiger partial charge on any atom is -0.465 e. The Hall–Kier alpha value is -2.41. The van der Waals surface area contributed by atoms with E-state index in [0.29, 0.717) is 5.69 Å². The molecular formula is C18H25N5O2. The first-order valence-corrected chi connectivity index (χ1v) is 8.77. The van der Waals surface area contributed by atoms with Gasteiger partial charge in [0.1, 0.15) is 5.76 Å². The van der Waals surface area contributed by atoms with Crippen molar-refractivity contribution in [2.24, 2.45) is 0 Å². The molecule has 1 saturated heterocycles. The summed E-state index contributed by atoms with van der Waals surface area (Å²) in [5, 5.41) is 11.0. The van der Waals surface area contributed by atoms with Crippen LogP contribution in [-0.2, 0) is 0 Å². The monoisotopic (exact) mass is 343 g/mol. The fourth-order valence-electron chi connectivity index (χ4n) is 3.01. The summed E-state index contributed by atoms with van der Waals surface area (Å²) in [5.74, 6) is 0.695. The zero-order valence-corrected chi connectivity index (χ0v) is 14.8. The van der Waals surface area contributed by atoms with E-state index < -0.39 is 0 Å². The molecule has 7 heteroatoms. The standard InChI is InChI=1S/C18H25N5O2/c1-14(2)19-18(24)17-13-23(21-20-17)15-6-3-9-22(12-15)10-4-7-16-8-5-11-25-16/h4-5,7-8,11,13-15H,3,6,9-10,12H2,1-2H3,(H,19,24)/b7-4+. The normalized spacial score (nSPS) is 18.9. The van der Waals surface area contributed by atoms with Crippen LogP contribution in [-0.4, -0.2) is 51.5 Å². The SMILES string of the molecule is CC(C)NC(=O)c1cn(C2CCCN(C/C=C/c3ccco3)C2)nn1. The zero-order chi connectivity index (χ0) is 17.6. The Morgan fingerprint density at radius 3 is 3.16 bits per heavy atom. The molecule has 1 unspecified atom stereocenters. The summed E-state index contributed by atoms with van der Waals surface area (Å²) in [7, 11) is 0. The number of nitrogens with one attached hydrogen (secondary N) is 1. The molecule has 25 heavy (non-hydrogen) atoms. The number of carbonyl (C=O) groups is 1. The largest absolute Gasteiger partial charge is 0.465 e. The molecule has 0 saturated carbocycles. The van der Waals surface area contributed by atoms with Crippen molar-refractivity contribution >= 4 is 12.0 Å². The lowest BCUT2D eigenvalue weighted by atomic mass is 10.1. The Morgan fingerprint density at radius 1 is 1.52 bits per heavy atom. The molecule has 1 amide bonds. The fraction of sp³-hybridized carbons (Fsp3) is 0.500. The van der Waals surface area contributed by atoms with Gasteiger partial charge in [-0.05, 0) is 51.4 Å². The molecule has 1 N–H and O–H groups in total. The number of amides is 1. The number of piperidine rings is 1. The van der Waals surface area contributed by atoms with E-state index in [1.54, 1.807) is 12.5 Å². The first kappa shape index (κ1) is 17.4. The van der Waals surface area contributed by atoms with E-state index in [1.807, 2.05) is 36.7 Å². The molecule has 3 heterocycles. The number of aromatic nitrogens is 3. The van der Waals surface area contributed by atoms with Crippen molar-refractivity contribution in [1.29, 1.82) is 0 Å². The van der Waals surface area contributed by atoms with Gasteiger partial charge in [0.15, 0.2) is 5.69 Å². The highest BCUT2D eigenvalue weighted by Gasteiger charge is 2.23. The molecule has 0 spiro atoms. The van der Waals surface area contributed by atoms with Crippen molar-refractivity contribution in [2.75, 3.05) is 19.6 Å². The van der Waals surface area contributed by atoms with Gasteiger partial charge in [-0.3, -0.25) is 9.69 Å². The Kier molecular flexibility index (Phi) is 5.65. The second-order valence-corrected chi connectivity index (χ2v) is 6.69. The van der Waals surface area contributed by atoms with Crippen molar-refractivity contribution in [3.63, 3.8) is 0 Å². The van der Waals surface area contributed by atoms with Gasteiger partial charge in [-0.1, -0.05) is 11.3 Å². The molecule has 1 aliphatic heterocycles. The van der Waals surface area contributed by atoms with Gasteiger partial charge < -0.3 is 9.73 Å². The lowest BCUT2D eigenvalue weighted by Crippen LogP contribution is -2.36. The Morgan fingerprint density at radius 2 is 2.40 bits per heavy atom. The van der Waals surface area contributed by atoms with Gasteiger partial charge in [0.25, 0.3) is 5.91 Å². The topological polar surface area (TPSA) is 76.2 Å². The van der Waals surface area contributed by atoms with Gasteiger partial charge in [-0.2, -0.15) is 0 Å². The predicted molar refractivity (Wildman–Crippen MR) is 95.1 cm³/mol. The summed E-state index contributed by atoms with van der Waals surface area (Å²) in [4.78, 5) is 14.4. The zero-order valence-electron chi connectivity index (χ0n) is 14.8. The highest BCUT2D eigenvalue weighted by Crippen LogP contribution is 2.20. The van der Waals surface area contributed by atoms with Crippen LogP contribution in [0, 0.1) is 0 Å². The maximum atomic E-state index is 12.0. The van der Waals surface area contributed by atoms with Crippen LogP contribution in [0.25, 0.3) is 6.08 Å². The first-order chi connectivity index (χ1) is 12.1. The van der Waals surface area contributed by atoms with Crippen LogP contribution in [0.4, 0.5) is 0 Å². The first-order valence-electron chi connectivity index (χ1n) is 8.77. The molecule has 0 aromatic carbocycles. The summed E-state index contributed by atoms with van der Waals surface area (Å²) in [6.45, 7) is 6.69. The number of hydrogen-bond acceptors (Lipinski definition) is 5. The number of rotatable bonds is 6. The average Bonchev–Trinajstić information content (AvgIpc) is 3.26. The maximum Gasteiger partial charge on any atom is 0.273 e. The number of likely N-dealkylation sites (tertiary alicyclic amines) is 1. The third-order valence-electron chi connectivity index (χ3n) is 4.21. The molecule has 134 valence electrons. The lowest BCUT2D eigenvalue weighted by Gasteiger charge is -2.31. The number of furan rings is 1. The third kappa shape index (κ3) is 4.79. The average molecular weight is 343 g/mol. The van der Waals surface area contributed by atoms with Crippen molar-refractivity contribution in [2.45, 2.75) is 38.8 Å². The fourth-order valence-corrected chi connectivity index (χ4v) is 3.01. The molecule has 1 atom stereocenters. The second-order valence-electron chi connectivity index (χ2n) is 6.69. The number of carbonyl (C=O) groups excluding carboxylic acids is 1. The molecule has 1 fully saturated rings. The molecular weight excluding hydrogens is 318 g/mol. The summed E-state index contributed by atoms with van der Waals surface area (Å²) >= 11 is 0. The minimum atomic E-state index is -0.171. The Balaban J connectivity index is 1.56. The lowest BCUT2D eigenvalue weighted by molar-refractivity contribution is 0.0938. The highest BCUT2D eigenvalue weighted by molar-refractivity contribution is 5.91. The van der Waals surface area contributed by atoms with Crippen LogP contribution in [0.5, 0.6) is 0 Å². The summed E-state index contributed by atoms with van der Waals surface area (Å²) in [5.41, 5.74) is 0.378. The van der Waals surface area contributed by atoms with Crippen molar-refractivity contribution < 1.29 is 9.21 Å². The van der Waals surface area contributed by atoms with Gasteiger partial charge >= 0.3 is 0 Å². The van der Waals surface area contributed by atoms with Gasteiger partial charge in [-0.15, -0.1) is 5.10 Å². The Labute approximate surface area is 147 Å². The van der Waals surface area contributed by atoms with E-state index in [-0.39, 0.29) is 18.0 Å². The van der Waals surface area contributed by atoms with Crippen molar-refractivity contribution in [3.8, 4) is 0 Å². The maximum absolute atomic E-state index is 12.0. The van der Waals surface area contributed by atoms with E-state index in [9.17, 15) is 4.79 Å². The summed E-state index contributed by atoms with van der Waals surface area (Å²) in [6, 6.07) is 4.16. The van der Waals surface area contributed by atoms with E-state index >= 15 is 0 Å². The number of hydrogen-bond donors (Lipinski definition) is 1. The molecule has 0 bridgehead atoms. The molecule has 1 aliphatic rings. The van der Waals surface area contributed by atoms with Gasteiger partial charge in [0.05, 0.1) is 18.5 Å². The van der Waals surface area contributed by atoms with E-state index in [0.717, 1.165) is 38.2 Å². The van der Waals surface area contributed by atoms with Crippen LogP contribution in [0.1, 0.15) is 49.0 Å². The van der Waals surface area contributed by atoms with E-state index in [2.05, 4.69) is 26.6 Å². The van der Waals surface area contributed by atoms with Gasteiger partial charge in [0, 0.05) is 19.1 Å². The molecule has 0 aliphatic carbocycles. The summed E-state index contributed by atoms with van der Waals surface area (Å²) < 4.78 is 7.13. The molecule has 2 aromatic rings. The third-order valence-corrected chi connectivity index (χ3v) is 4.21. The second kappa shape index (κ2) is 8.11. The van der Waals surface area contributed by atoms with Crippen LogP contribution in [0.15, 0.2) is 35.1 Å². The Bertz CT molecular complexity index is 705. The van der Waals surface area contributed by atoms with Gasteiger partial charge in [-0.25, -0.2) is 4.68 Å². The molecule has 0 radical (unpaired) electrons. The highest BCUT2D eigenvalue weighted by atomic mass is 16.3.